The van der Waals surface area contributed by atoms with Crippen molar-refractivity contribution in [2.45, 2.75) is 108 Å². The number of amides is 3. The number of hydrogen-bond donors (Lipinski definition) is 3. The molecule has 2 aromatic carbocycles. The molecular formula is C45H50ClFN8O8. The molecule has 6 heterocycles. The van der Waals surface area contributed by atoms with E-state index in [9.17, 15) is 24.0 Å². The number of rotatable bonds is 12. The van der Waals surface area contributed by atoms with Gasteiger partial charge < -0.3 is 39.2 Å². The Labute approximate surface area is 367 Å². The van der Waals surface area contributed by atoms with Crippen LogP contribution in [0.15, 0.2) is 47.4 Å². The number of halogens is 2. The molecule has 3 N–H and O–H groups in total. The van der Waals surface area contributed by atoms with Crippen molar-refractivity contribution in [1.29, 1.82) is 0 Å². The fourth-order valence-corrected chi connectivity index (χ4v) is 9.95. The van der Waals surface area contributed by atoms with Crippen molar-refractivity contribution in [3.63, 3.8) is 0 Å². The summed E-state index contributed by atoms with van der Waals surface area (Å²) in [6.45, 7) is 6.32. The van der Waals surface area contributed by atoms with E-state index in [4.69, 9.17) is 31.2 Å². The Morgan fingerprint density at radius 1 is 1.00 bits per heavy atom. The number of ether oxygens (including phenoxy) is 2. The first kappa shape index (κ1) is 42.6. The number of hydrogen-bond acceptors (Lipinski definition) is 12. The van der Waals surface area contributed by atoms with Crippen LogP contribution in [-0.4, -0.2) is 110 Å². The van der Waals surface area contributed by atoms with Crippen molar-refractivity contribution < 1.29 is 38.1 Å². The smallest absolute Gasteiger partial charge is 0.341 e. The highest BCUT2D eigenvalue weighted by Crippen LogP contribution is 2.39. The molecule has 2 aromatic heterocycles. The number of carbonyl (C=O) groups is 4. The lowest BCUT2D eigenvalue weighted by Gasteiger charge is -2.47. The van der Waals surface area contributed by atoms with Crippen LogP contribution in [0.2, 0.25) is 5.02 Å². The zero-order valence-corrected chi connectivity index (χ0v) is 35.9. The lowest BCUT2D eigenvalue weighted by molar-refractivity contribution is -0.139. The largest absolute Gasteiger partial charge is 0.479 e. The summed E-state index contributed by atoms with van der Waals surface area (Å²) in [6.07, 6.45) is 7.54. The first-order valence-corrected chi connectivity index (χ1v) is 22.1. The fourth-order valence-electron chi connectivity index (χ4n) is 9.81. The van der Waals surface area contributed by atoms with Gasteiger partial charge in [0.1, 0.15) is 16.9 Å². The van der Waals surface area contributed by atoms with Gasteiger partial charge in [0.25, 0.3) is 11.5 Å². The number of anilines is 3. The van der Waals surface area contributed by atoms with E-state index in [1.807, 2.05) is 32.0 Å². The molecule has 4 aromatic rings. The highest BCUT2D eigenvalue weighted by Gasteiger charge is 2.42. The maximum absolute atomic E-state index is 16.0. The number of fused-ring (bicyclic) bond motifs is 2. The number of piperidine rings is 3. The molecule has 3 amide bonds. The molecule has 1 unspecified atom stereocenters. The monoisotopic (exact) mass is 884 g/mol. The van der Waals surface area contributed by atoms with Gasteiger partial charge in [-0.05, 0) is 114 Å². The van der Waals surface area contributed by atoms with Gasteiger partial charge in [-0.1, -0.05) is 17.7 Å². The van der Waals surface area contributed by atoms with Crippen LogP contribution < -0.4 is 25.8 Å². The maximum Gasteiger partial charge on any atom is 0.341 e. The SMILES string of the molecule is CC(C)n1c(=O)c(OCC(=O)O)cc2cc(Nc3nc(N4CCC(OC5CC(N6CCC(c7ccc8c(c7F)CN(C7CCC(=O)NC7=O)C8=O)CC6)C5)CC4)ncc3Cl)ccc21. The summed E-state index contributed by atoms with van der Waals surface area (Å²) in [6, 6.07) is 9.94. The quantitative estimate of drug-likeness (QED) is 0.151. The molecule has 16 nitrogen and oxygen atoms in total. The third-order valence-electron chi connectivity index (χ3n) is 13.2. The van der Waals surface area contributed by atoms with Gasteiger partial charge in [0, 0.05) is 53.8 Å². The summed E-state index contributed by atoms with van der Waals surface area (Å²) in [4.78, 5) is 76.8. The van der Waals surface area contributed by atoms with E-state index in [0.717, 1.165) is 64.7 Å². The van der Waals surface area contributed by atoms with Crippen LogP contribution in [0.1, 0.15) is 98.7 Å². The average Bonchev–Trinajstić information content (AvgIpc) is 3.58. The third-order valence-corrected chi connectivity index (χ3v) is 13.5. The molecule has 63 heavy (non-hydrogen) atoms. The number of pyridine rings is 1. The molecular weight excluding hydrogens is 835 g/mol. The van der Waals surface area contributed by atoms with Crippen LogP contribution in [0.4, 0.5) is 21.8 Å². The van der Waals surface area contributed by atoms with Gasteiger partial charge in [-0.25, -0.2) is 14.2 Å². The molecule has 1 aliphatic carbocycles. The number of likely N-dealkylation sites (tertiary alicyclic amines) is 1. The van der Waals surface area contributed by atoms with Crippen molar-refractivity contribution in [1.82, 2.24) is 29.7 Å². The van der Waals surface area contributed by atoms with E-state index < -0.39 is 30.1 Å². The van der Waals surface area contributed by atoms with Crippen LogP contribution in [0, 0.1) is 5.82 Å². The molecule has 1 saturated carbocycles. The number of benzene rings is 2. The minimum atomic E-state index is -1.18. The van der Waals surface area contributed by atoms with E-state index >= 15 is 4.39 Å². The molecule has 0 bridgehead atoms. The van der Waals surface area contributed by atoms with Crippen LogP contribution in [0.25, 0.3) is 10.9 Å². The minimum absolute atomic E-state index is 0.0343. The summed E-state index contributed by atoms with van der Waals surface area (Å²) in [5.41, 5.74) is 2.22. The Kier molecular flexibility index (Phi) is 11.8. The molecule has 1 atom stereocenters. The second kappa shape index (κ2) is 17.5. The third kappa shape index (κ3) is 8.57. The normalized spacial score (nSPS) is 22.4. The number of nitrogens with one attached hydrogen (secondary N) is 2. The molecule has 4 fully saturated rings. The molecule has 332 valence electrons. The molecule has 0 spiro atoms. The highest BCUT2D eigenvalue weighted by molar-refractivity contribution is 6.33. The summed E-state index contributed by atoms with van der Waals surface area (Å²) in [5.74, 6) is -1.76. The highest BCUT2D eigenvalue weighted by atomic mass is 35.5. The number of nitrogens with zero attached hydrogens (tertiary/aromatic N) is 6. The number of aliphatic carboxylic acids is 1. The van der Waals surface area contributed by atoms with Gasteiger partial charge in [-0.3, -0.25) is 24.5 Å². The van der Waals surface area contributed by atoms with E-state index in [-0.39, 0.29) is 66.9 Å². The summed E-state index contributed by atoms with van der Waals surface area (Å²) < 4.78 is 29.5. The van der Waals surface area contributed by atoms with Gasteiger partial charge >= 0.3 is 5.97 Å². The molecule has 3 saturated heterocycles. The standard InChI is InChI=1S/C45H50ClFN8O8/c1-24(2)55-35-6-3-27(17-26(35)18-37(44(55)61)62-23-39(57)58)49-41-34(46)21-48-45(51-41)53-15-11-29(12-16-53)63-30-19-28(20-30)52-13-9-25(10-14-52)31-4-5-32-33(40(31)47)22-54(43(32)60)36-7-8-38(56)50-42(36)59/h3-6,17-18,21,24-25,28-30,36H,7-16,19-20,22-23H2,1-2H3,(H,57,58)(H,48,49,51)(H,50,56,59). The molecule has 18 heteroatoms. The zero-order valence-electron chi connectivity index (χ0n) is 35.1. The Hall–Kier alpha value is -5.65. The van der Waals surface area contributed by atoms with Crippen LogP contribution in [0.5, 0.6) is 5.75 Å². The summed E-state index contributed by atoms with van der Waals surface area (Å²) in [7, 11) is 0. The van der Waals surface area contributed by atoms with E-state index in [1.54, 1.807) is 29.0 Å². The zero-order chi connectivity index (χ0) is 44.1. The van der Waals surface area contributed by atoms with Gasteiger partial charge in [0.2, 0.25) is 17.8 Å². The second-order valence-corrected chi connectivity index (χ2v) is 17.9. The molecule has 5 aliphatic rings. The summed E-state index contributed by atoms with van der Waals surface area (Å²) >= 11 is 6.56. The maximum atomic E-state index is 16.0. The summed E-state index contributed by atoms with van der Waals surface area (Å²) in [5, 5.41) is 15.7. The Morgan fingerprint density at radius 2 is 1.76 bits per heavy atom. The molecule has 4 aliphatic heterocycles. The van der Waals surface area contributed by atoms with Gasteiger partial charge in [0.15, 0.2) is 18.2 Å². The number of carbonyl (C=O) groups excluding carboxylic acids is 3. The fraction of sp³-hybridized carbons (Fsp3) is 0.489. The number of carboxylic acids is 1. The lowest BCUT2D eigenvalue weighted by Crippen LogP contribution is -2.52. The Bertz CT molecular complexity index is 2530. The number of carboxylic acid groups (broad SMARTS) is 1. The Balaban J connectivity index is 0.746. The predicted molar refractivity (Wildman–Crippen MR) is 231 cm³/mol. The molecule has 9 rings (SSSR count). The van der Waals surface area contributed by atoms with Crippen molar-refractivity contribution in [2.24, 2.45) is 0 Å². The van der Waals surface area contributed by atoms with Gasteiger partial charge in [-0.2, -0.15) is 4.98 Å². The average molecular weight is 885 g/mol. The first-order valence-electron chi connectivity index (χ1n) is 21.7. The van der Waals surface area contributed by atoms with Crippen molar-refractivity contribution >= 4 is 63.6 Å². The topological polar surface area (TPSA) is 189 Å². The van der Waals surface area contributed by atoms with Crippen molar-refractivity contribution in [2.75, 3.05) is 43.0 Å². The molecule has 0 radical (unpaired) electrons. The van der Waals surface area contributed by atoms with E-state index in [0.29, 0.717) is 56.1 Å². The lowest BCUT2D eigenvalue weighted by atomic mass is 9.83. The van der Waals surface area contributed by atoms with Gasteiger partial charge in [-0.15, -0.1) is 0 Å². The van der Waals surface area contributed by atoms with Crippen LogP contribution >= 0.6 is 11.6 Å². The van der Waals surface area contributed by atoms with Crippen molar-refractivity contribution in [3.05, 3.63) is 80.5 Å². The number of aromatic nitrogens is 3. The van der Waals surface area contributed by atoms with Crippen LogP contribution in [-0.2, 0) is 25.7 Å². The second-order valence-electron chi connectivity index (χ2n) is 17.5. The van der Waals surface area contributed by atoms with Crippen molar-refractivity contribution in [3.8, 4) is 5.75 Å². The minimum Gasteiger partial charge on any atom is -0.479 e. The predicted octanol–water partition coefficient (Wildman–Crippen LogP) is 5.53. The van der Waals surface area contributed by atoms with Gasteiger partial charge in [0.05, 0.1) is 30.5 Å². The van der Waals surface area contributed by atoms with E-state index in [1.165, 1.54) is 4.90 Å². The first-order chi connectivity index (χ1) is 30.3. The van der Waals surface area contributed by atoms with E-state index in [2.05, 4.69) is 25.4 Å². The number of imide groups is 1. The van der Waals surface area contributed by atoms with Crippen LogP contribution in [0.3, 0.4) is 0 Å². The Morgan fingerprint density at radius 3 is 2.48 bits per heavy atom.